The van der Waals surface area contributed by atoms with E-state index in [4.69, 9.17) is 9.57 Å². The summed E-state index contributed by atoms with van der Waals surface area (Å²) in [5.41, 5.74) is 1.10. The Kier molecular flexibility index (Phi) is 5.79. The number of urea groups is 1. The van der Waals surface area contributed by atoms with Gasteiger partial charge in [0.05, 0.1) is 7.11 Å². The molecule has 0 unspecified atom stereocenters. The quantitative estimate of drug-likeness (QED) is 0.707. The van der Waals surface area contributed by atoms with Crippen LogP contribution in [-0.4, -0.2) is 25.3 Å². The van der Waals surface area contributed by atoms with Gasteiger partial charge in [0.25, 0.3) is 0 Å². The summed E-state index contributed by atoms with van der Waals surface area (Å²) in [7, 11) is 2.62. The van der Waals surface area contributed by atoms with Crippen LogP contribution in [0.3, 0.4) is 0 Å². The average Bonchev–Trinajstić information content (AvgIpc) is 2.68. The SMILES string of the molecule is CON(C)C(=O)Nc1ccc(Oc2cccc3c2CCCC3)c(C(F)(F)F)c1. The maximum absolute atomic E-state index is 13.6. The number of ether oxygens (including phenoxy) is 1. The average molecular weight is 394 g/mol. The van der Waals surface area contributed by atoms with Crippen LogP contribution in [0.25, 0.3) is 0 Å². The van der Waals surface area contributed by atoms with Crippen molar-refractivity contribution in [2.45, 2.75) is 31.9 Å². The van der Waals surface area contributed by atoms with Crippen molar-refractivity contribution in [3.05, 3.63) is 53.1 Å². The first-order valence-corrected chi connectivity index (χ1v) is 8.88. The molecule has 2 aromatic carbocycles. The molecule has 0 aromatic heterocycles. The first kappa shape index (κ1) is 20.0. The summed E-state index contributed by atoms with van der Waals surface area (Å²) in [5.74, 6) is 0.142. The highest BCUT2D eigenvalue weighted by Crippen LogP contribution is 2.41. The van der Waals surface area contributed by atoms with Crippen molar-refractivity contribution in [3.8, 4) is 11.5 Å². The van der Waals surface area contributed by atoms with Crippen molar-refractivity contribution in [2.24, 2.45) is 0 Å². The highest BCUT2D eigenvalue weighted by Gasteiger charge is 2.35. The molecule has 0 fully saturated rings. The van der Waals surface area contributed by atoms with Crippen LogP contribution in [-0.2, 0) is 23.9 Å². The van der Waals surface area contributed by atoms with Gasteiger partial charge >= 0.3 is 12.2 Å². The van der Waals surface area contributed by atoms with Crippen molar-refractivity contribution >= 4 is 11.7 Å². The molecule has 0 aliphatic heterocycles. The Hall–Kier alpha value is -2.74. The van der Waals surface area contributed by atoms with Gasteiger partial charge in [-0.15, -0.1) is 0 Å². The number of alkyl halides is 3. The van der Waals surface area contributed by atoms with Crippen LogP contribution in [0, 0.1) is 0 Å². The van der Waals surface area contributed by atoms with E-state index in [0.29, 0.717) is 5.75 Å². The molecule has 28 heavy (non-hydrogen) atoms. The fourth-order valence-electron chi connectivity index (χ4n) is 3.16. The van der Waals surface area contributed by atoms with Gasteiger partial charge in [0.2, 0.25) is 0 Å². The van der Waals surface area contributed by atoms with Gasteiger partial charge in [-0.3, -0.25) is 4.84 Å². The first-order chi connectivity index (χ1) is 13.3. The summed E-state index contributed by atoms with van der Waals surface area (Å²) < 4.78 is 46.5. The number of carbonyl (C=O) groups is 1. The Balaban J connectivity index is 1.92. The molecule has 0 heterocycles. The van der Waals surface area contributed by atoms with E-state index in [-0.39, 0.29) is 11.4 Å². The summed E-state index contributed by atoms with van der Waals surface area (Å²) >= 11 is 0. The maximum atomic E-state index is 13.6. The van der Waals surface area contributed by atoms with E-state index in [1.54, 1.807) is 12.1 Å². The van der Waals surface area contributed by atoms with E-state index in [9.17, 15) is 18.0 Å². The summed E-state index contributed by atoms with van der Waals surface area (Å²) in [4.78, 5) is 16.5. The van der Waals surface area contributed by atoms with E-state index in [0.717, 1.165) is 47.9 Å². The van der Waals surface area contributed by atoms with E-state index in [2.05, 4.69) is 5.32 Å². The number of hydrogen-bond acceptors (Lipinski definition) is 3. The maximum Gasteiger partial charge on any atom is 0.420 e. The van der Waals surface area contributed by atoms with Crippen LogP contribution >= 0.6 is 0 Å². The number of anilines is 1. The Morgan fingerprint density at radius 3 is 2.57 bits per heavy atom. The lowest BCUT2D eigenvalue weighted by molar-refractivity contribution is -0.138. The van der Waals surface area contributed by atoms with Crippen molar-refractivity contribution < 1.29 is 27.5 Å². The van der Waals surface area contributed by atoms with Crippen molar-refractivity contribution in [1.29, 1.82) is 0 Å². The van der Waals surface area contributed by atoms with Crippen LogP contribution in [0.15, 0.2) is 36.4 Å². The van der Waals surface area contributed by atoms with Gasteiger partial charge in [-0.2, -0.15) is 13.2 Å². The van der Waals surface area contributed by atoms with Crippen molar-refractivity contribution in [2.75, 3.05) is 19.5 Å². The smallest absolute Gasteiger partial charge is 0.420 e. The third kappa shape index (κ3) is 4.39. The molecule has 0 radical (unpaired) electrons. The molecule has 1 aliphatic carbocycles. The molecule has 0 spiro atoms. The second-order valence-corrected chi connectivity index (χ2v) is 6.52. The summed E-state index contributed by atoms with van der Waals surface area (Å²) in [6.45, 7) is 0. The number of nitrogens with one attached hydrogen (secondary N) is 1. The first-order valence-electron chi connectivity index (χ1n) is 8.88. The monoisotopic (exact) mass is 394 g/mol. The topological polar surface area (TPSA) is 50.8 Å². The van der Waals surface area contributed by atoms with Gasteiger partial charge in [0, 0.05) is 12.7 Å². The number of rotatable bonds is 4. The molecule has 0 saturated heterocycles. The third-order valence-electron chi connectivity index (χ3n) is 4.67. The largest absolute Gasteiger partial charge is 0.456 e. The predicted octanol–water partition coefficient (Wildman–Crippen LogP) is 5.40. The third-order valence-corrected chi connectivity index (χ3v) is 4.67. The zero-order valence-corrected chi connectivity index (χ0v) is 15.6. The number of fused-ring (bicyclic) bond motifs is 1. The zero-order valence-electron chi connectivity index (χ0n) is 15.6. The lowest BCUT2D eigenvalue weighted by Gasteiger charge is -2.21. The number of amides is 2. The standard InChI is InChI=1S/C20H21F3N2O3/c1-25(27-2)19(26)24-14-10-11-18(16(12-14)20(21,22)23)28-17-9-5-7-13-6-3-4-8-15(13)17/h5,7,9-12H,3-4,6,8H2,1-2H3,(H,24,26). The molecule has 1 N–H and O–H groups in total. The van der Waals surface area contributed by atoms with Crippen LogP contribution < -0.4 is 10.1 Å². The molecule has 150 valence electrons. The summed E-state index contributed by atoms with van der Waals surface area (Å²) in [6, 6.07) is 8.20. The fraction of sp³-hybridized carbons (Fsp3) is 0.350. The molecule has 2 amide bonds. The second-order valence-electron chi connectivity index (χ2n) is 6.52. The summed E-state index contributed by atoms with van der Waals surface area (Å²) in [6.07, 6.45) is -0.912. The van der Waals surface area contributed by atoms with Gasteiger partial charge < -0.3 is 10.1 Å². The number of halogens is 3. The molecule has 2 aromatic rings. The molecule has 3 rings (SSSR count). The van der Waals surface area contributed by atoms with Crippen molar-refractivity contribution in [3.63, 3.8) is 0 Å². The number of benzene rings is 2. The van der Waals surface area contributed by atoms with Crippen LogP contribution in [0.1, 0.15) is 29.5 Å². The number of hydrogen-bond donors (Lipinski definition) is 1. The normalized spacial score (nSPS) is 13.6. The molecule has 5 nitrogen and oxygen atoms in total. The van der Waals surface area contributed by atoms with Crippen LogP contribution in [0.5, 0.6) is 11.5 Å². The highest BCUT2D eigenvalue weighted by atomic mass is 19.4. The Morgan fingerprint density at radius 2 is 1.86 bits per heavy atom. The van der Waals surface area contributed by atoms with Gasteiger partial charge in [-0.05, 0) is 61.1 Å². The zero-order chi connectivity index (χ0) is 20.3. The molecule has 0 saturated carbocycles. The minimum absolute atomic E-state index is 0.0105. The van der Waals surface area contributed by atoms with E-state index < -0.39 is 17.8 Å². The summed E-state index contributed by atoms with van der Waals surface area (Å²) in [5, 5.41) is 3.22. The van der Waals surface area contributed by atoms with Gasteiger partial charge in [-0.1, -0.05) is 12.1 Å². The van der Waals surface area contributed by atoms with Gasteiger partial charge in [0.1, 0.15) is 17.1 Å². The van der Waals surface area contributed by atoms with Crippen LogP contribution in [0.2, 0.25) is 0 Å². The number of hydroxylamine groups is 2. The molecule has 0 bridgehead atoms. The number of aryl methyl sites for hydroxylation is 1. The Labute approximate surface area is 161 Å². The molecule has 8 heteroatoms. The van der Waals surface area contributed by atoms with E-state index in [1.165, 1.54) is 26.3 Å². The van der Waals surface area contributed by atoms with E-state index in [1.807, 2.05) is 6.07 Å². The van der Waals surface area contributed by atoms with Crippen LogP contribution in [0.4, 0.5) is 23.7 Å². The fourth-order valence-corrected chi connectivity index (χ4v) is 3.16. The second kappa shape index (κ2) is 8.10. The minimum Gasteiger partial charge on any atom is -0.456 e. The molecular formula is C20H21F3N2O3. The van der Waals surface area contributed by atoms with Gasteiger partial charge in [-0.25, -0.2) is 9.86 Å². The minimum atomic E-state index is -4.64. The highest BCUT2D eigenvalue weighted by molar-refractivity contribution is 5.88. The van der Waals surface area contributed by atoms with Gasteiger partial charge in [0.15, 0.2) is 0 Å². The van der Waals surface area contributed by atoms with Crippen molar-refractivity contribution in [1.82, 2.24) is 5.06 Å². The predicted molar refractivity (Wildman–Crippen MR) is 98.4 cm³/mol. The Bertz CT molecular complexity index is 868. The van der Waals surface area contributed by atoms with E-state index >= 15 is 0 Å². The molecule has 0 atom stereocenters. The number of nitrogens with zero attached hydrogens (tertiary/aromatic N) is 1. The number of carbonyl (C=O) groups excluding carboxylic acids is 1. The lowest BCUT2D eigenvalue weighted by Crippen LogP contribution is -2.30. The molecule has 1 aliphatic rings. The Morgan fingerprint density at radius 1 is 1.11 bits per heavy atom. The molecular weight excluding hydrogens is 373 g/mol. The lowest BCUT2D eigenvalue weighted by atomic mass is 9.91.